The molecule has 1 amide bonds. The van der Waals surface area contributed by atoms with Gasteiger partial charge >= 0.3 is 0 Å². The van der Waals surface area contributed by atoms with Crippen molar-refractivity contribution < 1.29 is 9.90 Å². The van der Waals surface area contributed by atoms with Gasteiger partial charge in [0.05, 0.1) is 12.1 Å². The molecule has 3 heteroatoms. The molecule has 1 rings (SSSR count). The Labute approximate surface area is 82.8 Å². The maximum absolute atomic E-state index is 10.5. The number of phenols is 1. The number of carbonyl (C=O) groups is 1. The molecule has 0 fully saturated rings. The number of hydrogen-bond donors (Lipinski definition) is 2. The fraction of sp³-hybridized carbons (Fsp3) is 0.182. The van der Waals surface area contributed by atoms with Gasteiger partial charge in [-0.3, -0.25) is 4.79 Å². The van der Waals surface area contributed by atoms with E-state index >= 15 is 0 Å². The van der Waals surface area contributed by atoms with Gasteiger partial charge in [0.2, 0.25) is 5.91 Å². The average molecular weight is 189 g/mol. The molecular formula is C11H11NO2. The minimum absolute atomic E-state index is 0.114. The van der Waals surface area contributed by atoms with Gasteiger partial charge in [0, 0.05) is 6.92 Å². The highest BCUT2D eigenvalue weighted by molar-refractivity contribution is 5.73. The van der Waals surface area contributed by atoms with E-state index in [0.29, 0.717) is 12.1 Å². The van der Waals surface area contributed by atoms with Crippen molar-refractivity contribution in [3.05, 3.63) is 29.8 Å². The first-order chi connectivity index (χ1) is 6.70. The van der Waals surface area contributed by atoms with Crippen molar-refractivity contribution >= 4 is 5.91 Å². The number of carbonyl (C=O) groups excluding carboxylic acids is 1. The summed E-state index contributed by atoms with van der Waals surface area (Å²) < 4.78 is 0. The second-order valence-corrected chi connectivity index (χ2v) is 2.73. The lowest BCUT2D eigenvalue weighted by Gasteiger charge is -1.94. The van der Waals surface area contributed by atoms with Crippen LogP contribution >= 0.6 is 0 Å². The third-order valence-corrected chi connectivity index (χ3v) is 1.55. The first-order valence-electron chi connectivity index (χ1n) is 4.21. The molecule has 0 unspecified atom stereocenters. The van der Waals surface area contributed by atoms with Gasteiger partial charge < -0.3 is 10.4 Å². The molecule has 0 aliphatic heterocycles. The van der Waals surface area contributed by atoms with Crippen LogP contribution in [0.4, 0.5) is 0 Å². The molecule has 0 aliphatic carbocycles. The van der Waals surface area contributed by atoms with Crippen LogP contribution < -0.4 is 5.32 Å². The third kappa shape index (κ3) is 3.20. The van der Waals surface area contributed by atoms with Crippen molar-refractivity contribution in [1.29, 1.82) is 0 Å². The zero-order chi connectivity index (χ0) is 10.4. The maximum atomic E-state index is 10.5. The zero-order valence-electron chi connectivity index (χ0n) is 7.87. The molecule has 0 saturated carbocycles. The second-order valence-electron chi connectivity index (χ2n) is 2.73. The third-order valence-electron chi connectivity index (χ3n) is 1.55. The van der Waals surface area contributed by atoms with Gasteiger partial charge in [0.1, 0.15) is 5.75 Å². The number of nitrogens with one attached hydrogen (secondary N) is 1. The van der Waals surface area contributed by atoms with Crippen molar-refractivity contribution in [2.75, 3.05) is 6.54 Å². The lowest BCUT2D eigenvalue weighted by atomic mass is 10.2. The molecule has 0 radical (unpaired) electrons. The Hall–Kier alpha value is -1.95. The molecule has 0 aliphatic rings. The Balaban J connectivity index is 2.59. The van der Waals surface area contributed by atoms with Crippen LogP contribution in [-0.2, 0) is 4.79 Å². The van der Waals surface area contributed by atoms with Crippen molar-refractivity contribution in [2.24, 2.45) is 0 Å². The molecule has 0 spiro atoms. The fourth-order valence-corrected chi connectivity index (χ4v) is 0.887. The SMILES string of the molecule is CC(=O)NCC#Cc1ccccc1O. The first kappa shape index (κ1) is 10.1. The summed E-state index contributed by atoms with van der Waals surface area (Å²) >= 11 is 0. The molecule has 0 saturated heterocycles. The van der Waals surface area contributed by atoms with Crippen LogP contribution in [0, 0.1) is 11.8 Å². The largest absolute Gasteiger partial charge is 0.507 e. The van der Waals surface area contributed by atoms with Crippen molar-refractivity contribution in [3.8, 4) is 17.6 Å². The lowest BCUT2D eigenvalue weighted by molar-refractivity contribution is -0.118. The molecule has 0 atom stereocenters. The highest BCUT2D eigenvalue weighted by Gasteiger charge is 1.92. The van der Waals surface area contributed by atoms with Crippen LogP contribution in [0.15, 0.2) is 24.3 Å². The number of benzene rings is 1. The van der Waals surface area contributed by atoms with Gasteiger partial charge in [-0.2, -0.15) is 0 Å². The summed E-state index contributed by atoms with van der Waals surface area (Å²) in [6.07, 6.45) is 0. The Bertz CT molecular complexity index is 388. The number of rotatable bonds is 1. The van der Waals surface area contributed by atoms with Crippen LogP contribution in [-0.4, -0.2) is 17.6 Å². The maximum Gasteiger partial charge on any atom is 0.217 e. The van der Waals surface area contributed by atoms with E-state index < -0.39 is 0 Å². The highest BCUT2D eigenvalue weighted by atomic mass is 16.3. The molecule has 0 bridgehead atoms. The fourth-order valence-electron chi connectivity index (χ4n) is 0.887. The lowest BCUT2D eigenvalue weighted by Crippen LogP contribution is -2.19. The van der Waals surface area contributed by atoms with Gasteiger partial charge in [-0.25, -0.2) is 0 Å². The molecule has 0 heterocycles. The number of aromatic hydroxyl groups is 1. The van der Waals surface area contributed by atoms with E-state index in [2.05, 4.69) is 17.2 Å². The van der Waals surface area contributed by atoms with Gasteiger partial charge in [0.25, 0.3) is 0 Å². The molecule has 72 valence electrons. The van der Waals surface area contributed by atoms with Gasteiger partial charge in [-0.15, -0.1) is 0 Å². The van der Waals surface area contributed by atoms with E-state index in [0.717, 1.165) is 0 Å². The molecule has 14 heavy (non-hydrogen) atoms. The summed E-state index contributed by atoms with van der Waals surface area (Å²) in [6, 6.07) is 6.81. The Kier molecular flexibility index (Phi) is 3.57. The summed E-state index contributed by atoms with van der Waals surface area (Å²) in [7, 11) is 0. The number of hydrogen-bond acceptors (Lipinski definition) is 2. The topological polar surface area (TPSA) is 49.3 Å². The molecule has 1 aromatic rings. The molecule has 3 nitrogen and oxygen atoms in total. The van der Waals surface area contributed by atoms with Crippen LogP contribution in [0.3, 0.4) is 0 Å². The van der Waals surface area contributed by atoms with E-state index in [4.69, 9.17) is 0 Å². The quantitative estimate of drug-likeness (QED) is 0.644. The van der Waals surface area contributed by atoms with Crippen LogP contribution in [0.2, 0.25) is 0 Å². The van der Waals surface area contributed by atoms with Crippen molar-refractivity contribution in [2.45, 2.75) is 6.92 Å². The molecule has 0 aromatic heterocycles. The average Bonchev–Trinajstić information content (AvgIpc) is 2.15. The molecular weight excluding hydrogens is 178 g/mol. The van der Waals surface area contributed by atoms with E-state index in [9.17, 15) is 9.90 Å². The van der Waals surface area contributed by atoms with Crippen LogP contribution in [0.25, 0.3) is 0 Å². The van der Waals surface area contributed by atoms with E-state index in [-0.39, 0.29) is 11.7 Å². The van der Waals surface area contributed by atoms with E-state index in [1.54, 1.807) is 24.3 Å². The van der Waals surface area contributed by atoms with Crippen LogP contribution in [0.5, 0.6) is 5.75 Å². The predicted octanol–water partition coefficient (Wildman–Crippen LogP) is 0.880. The van der Waals surface area contributed by atoms with Gasteiger partial charge in [-0.1, -0.05) is 24.0 Å². The minimum atomic E-state index is -0.114. The normalized spacial score (nSPS) is 8.64. The predicted molar refractivity (Wildman–Crippen MR) is 53.7 cm³/mol. The molecule has 2 N–H and O–H groups in total. The standard InChI is InChI=1S/C11H11NO2/c1-9(13)12-8-4-6-10-5-2-3-7-11(10)14/h2-3,5,7,14H,8H2,1H3,(H,12,13). The Morgan fingerprint density at radius 2 is 2.21 bits per heavy atom. The minimum Gasteiger partial charge on any atom is -0.507 e. The summed E-state index contributed by atoms with van der Waals surface area (Å²) in [5.74, 6) is 5.53. The van der Waals surface area contributed by atoms with Crippen LogP contribution in [0.1, 0.15) is 12.5 Å². The second kappa shape index (κ2) is 4.93. The highest BCUT2D eigenvalue weighted by Crippen LogP contribution is 2.13. The van der Waals surface area contributed by atoms with Gasteiger partial charge in [0.15, 0.2) is 0 Å². The van der Waals surface area contributed by atoms with E-state index in [1.165, 1.54) is 6.92 Å². The zero-order valence-corrected chi connectivity index (χ0v) is 7.87. The monoisotopic (exact) mass is 189 g/mol. The Morgan fingerprint density at radius 3 is 2.86 bits per heavy atom. The summed E-state index contributed by atoms with van der Waals surface area (Å²) in [5, 5.41) is 11.9. The number of para-hydroxylation sites is 1. The molecule has 1 aromatic carbocycles. The smallest absolute Gasteiger partial charge is 0.217 e. The Morgan fingerprint density at radius 1 is 1.50 bits per heavy atom. The van der Waals surface area contributed by atoms with Gasteiger partial charge in [-0.05, 0) is 12.1 Å². The summed E-state index contributed by atoms with van der Waals surface area (Å²) in [6.45, 7) is 1.73. The van der Waals surface area contributed by atoms with E-state index in [1.807, 2.05) is 0 Å². The first-order valence-corrected chi connectivity index (χ1v) is 4.21. The number of phenolic OH excluding ortho intramolecular Hbond substituents is 1. The summed E-state index contributed by atoms with van der Waals surface area (Å²) in [5.41, 5.74) is 0.567. The summed E-state index contributed by atoms with van der Waals surface area (Å²) in [4.78, 5) is 10.5. The number of amides is 1. The van der Waals surface area contributed by atoms with Crippen molar-refractivity contribution in [3.63, 3.8) is 0 Å². The van der Waals surface area contributed by atoms with Crippen molar-refractivity contribution in [1.82, 2.24) is 5.32 Å².